The van der Waals surface area contributed by atoms with E-state index in [-0.39, 0.29) is 0 Å². The zero-order valence-corrected chi connectivity index (χ0v) is 13.1. The van der Waals surface area contributed by atoms with Gasteiger partial charge in [-0.1, -0.05) is 61.5 Å². The predicted octanol–water partition coefficient (Wildman–Crippen LogP) is 4.16. The Balaban J connectivity index is 2.01. The smallest absolute Gasteiger partial charge is 0.207 e. The van der Waals surface area contributed by atoms with Crippen LogP contribution < -0.4 is 5.32 Å². The number of nitrogens with one attached hydrogen (secondary N) is 1. The lowest BCUT2D eigenvalue weighted by Gasteiger charge is -2.15. The number of aryl methyl sites for hydroxylation is 1. The van der Waals surface area contributed by atoms with Crippen molar-refractivity contribution in [3.05, 3.63) is 71.3 Å². The van der Waals surface area contributed by atoms with Crippen molar-refractivity contribution in [3.8, 4) is 6.19 Å². The second-order valence-electron chi connectivity index (χ2n) is 5.45. The molecule has 3 heteroatoms. The maximum atomic E-state index is 8.89. The molecule has 0 spiro atoms. The number of benzene rings is 2. The van der Waals surface area contributed by atoms with Crippen molar-refractivity contribution >= 4 is 5.84 Å². The van der Waals surface area contributed by atoms with Gasteiger partial charge < -0.3 is 5.32 Å². The van der Waals surface area contributed by atoms with Crippen LogP contribution in [0, 0.1) is 18.4 Å². The van der Waals surface area contributed by atoms with Crippen LogP contribution in [0.25, 0.3) is 0 Å². The van der Waals surface area contributed by atoms with Crippen molar-refractivity contribution in [2.45, 2.75) is 32.7 Å². The molecule has 0 radical (unpaired) electrons. The molecule has 1 N–H and O–H groups in total. The molecule has 1 unspecified atom stereocenters. The summed E-state index contributed by atoms with van der Waals surface area (Å²) in [6.07, 6.45) is 2.63. The summed E-state index contributed by atoms with van der Waals surface area (Å²) in [6, 6.07) is 18.5. The zero-order chi connectivity index (χ0) is 15.8. The van der Waals surface area contributed by atoms with E-state index in [2.05, 4.69) is 48.4 Å². The van der Waals surface area contributed by atoms with E-state index >= 15 is 0 Å². The first-order chi connectivity index (χ1) is 10.7. The van der Waals surface area contributed by atoms with E-state index < -0.39 is 0 Å². The van der Waals surface area contributed by atoms with Crippen LogP contribution in [0.1, 0.15) is 36.0 Å². The molecule has 2 aromatic rings. The summed E-state index contributed by atoms with van der Waals surface area (Å²) in [5.74, 6) is 1.06. The van der Waals surface area contributed by atoms with Crippen LogP contribution in [-0.2, 0) is 6.54 Å². The molecule has 1 atom stereocenters. The Morgan fingerprint density at radius 3 is 2.50 bits per heavy atom. The van der Waals surface area contributed by atoms with Gasteiger partial charge in [0.1, 0.15) is 5.84 Å². The van der Waals surface area contributed by atoms with Gasteiger partial charge in [0, 0.05) is 13.0 Å². The summed E-state index contributed by atoms with van der Waals surface area (Å²) >= 11 is 0. The Morgan fingerprint density at radius 2 is 1.82 bits per heavy atom. The minimum absolute atomic E-state index is 0.317. The van der Waals surface area contributed by atoms with Crippen molar-refractivity contribution < 1.29 is 0 Å². The lowest BCUT2D eigenvalue weighted by molar-refractivity contribution is 0.766. The molecule has 0 bridgehead atoms. The van der Waals surface area contributed by atoms with Crippen LogP contribution in [0.2, 0.25) is 0 Å². The third-order valence-corrected chi connectivity index (χ3v) is 3.80. The third-order valence-electron chi connectivity index (χ3n) is 3.80. The van der Waals surface area contributed by atoms with E-state index in [1.54, 1.807) is 0 Å². The minimum Gasteiger partial charge on any atom is -0.369 e. The highest BCUT2D eigenvalue weighted by Crippen LogP contribution is 2.18. The summed E-state index contributed by atoms with van der Waals surface area (Å²) in [5, 5.41) is 12.2. The summed E-state index contributed by atoms with van der Waals surface area (Å²) in [4.78, 5) is 3.95. The van der Waals surface area contributed by atoms with Gasteiger partial charge in [0.2, 0.25) is 6.19 Å². The molecule has 0 fully saturated rings. The standard InChI is InChI=1S/C19H21N3/c1-15-8-6-7-11-18(15)13-21-19(22-14-20)12-16(2)17-9-4-3-5-10-17/h3-11,16H,12-13H2,1-2H3,(H,21,22). The molecular formula is C19H21N3. The fourth-order valence-electron chi connectivity index (χ4n) is 2.41. The van der Waals surface area contributed by atoms with Gasteiger partial charge in [-0.05, 0) is 29.5 Å². The number of nitrogens with zero attached hydrogens (tertiary/aromatic N) is 2. The molecule has 0 saturated carbocycles. The van der Waals surface area contributed by atoms with Crippen molar-refractivity contribution in [3.63, 3.8) is 0 Å². The molecule has 2 aromatic carbocycles. The monoisotopic (exact) mass is 291 g/mol. The molecule has 3 nitrogen and oxygen atoms in total. The zero-order valence-electron chi connectivity index (χ0n) is 13.1. The largest absolute Gasteiger partial charge is 0.369 e. The van der Waals surface area contributed by atoms with Gasteiger partial charge in [0.15, 0.2) is 0 Å². The van der Waals surface area contributed by atoms with Gasteiger partial charge in [-0.15, -0.1) is 0 Å². The van der Waals surface area contributed by atoms with Gasteiger partial charge in [-0.2, -0.15) is 10.3 Å². The predicted molar refractivity (Wildman–Crippen MR) is 90.5 cm³/mol. The number of rotatable bonds is 5. The Labute approximate surface area is 132 Å². The second kappa shape index (κ2) is 7.99. The quantitative estimate of drug-likeness (QED) is 0.511. The summed E-state index contributed by atoms with van der Waals surface area (Å²) in [5.41, 5.74) is 3.72. The third kappa shape index (κ3) is 4.46. The maximum Gasteiger partial charge on any atom is 0.207 e. The van der Waals surface area contributed by atoms with Crippen molar-refractivity contribution in [1.29, 1.82) is 5.26 Å². The Morgan fingerprint density at radius 1 is 1.14 bits per heavy atom. The first-order valence-corrected chi connectivity index (χ1v) is 7.49. The van der Waals surface area contributed by atoms with E-state index in [9.17, 15) is 0 Å². The number of hydrogen-bond acceptors (Lipinski definition) is 2. The van der Waals surface area contributed by atoms with Crippen LogP contribution in [0.15, 0.2) is 59.6 Å². The molecule has 0 saturated heterocycles. The van der Waals surface area contributed by atoms with Crippen molar-refractivity contribution in [2.75, 3.05) is 0 Å². The van der Waals surface area contributed by atoms with Gasteiger partial charge >= 0.3 is 0 Å². The molecule has 0 aliphatic heterocycles. The molecule has 112 valence electrons. The maximum absolute atomic E-state index is 8.89. The van der Waals surface area contributed by atoms with Crippen LogP contribution in [0.4, 0.5) is 0 Å². The fourth-order valence-corrected chi connectivity index (χ4v) is 2.41. The number of hydrogen-bond donors (Lipinski definition) is 1. The summed E-state index contributed by atoms with van der Waals surface area (Å²) in [7, 11) is 0. The lowest BCUT2D eigenvalue weighted by atomic mass is 9.97. The Bertz CT molecular complexity index is 669. The number of nitriles is 1. The summed E-state index contributed by atoms with van der Waals surface area (Å²) in [6.45, 7) is 4.93. The van der Waals surface area contributed by atoms with E-state index in [1.165, 1.54) is 16.7 Å². The van der Waals surface area contributed by atoms with Crippen LogP contribution >= 0.6 is 0 Å². The Kier molecular flexibility index (Phi) is 5.73. The van der Waals surface area contributed by atoms with Gasteiger partial charge in [0.25, 0.3) is 0 Å². The van der Waals surface area contributed by atoms with Crippen molar-refractivity contribution in [2.24, 2.45) is 4.99 Å². The molecule has 0 aliphatic rings. The Hall–Kier alpha value is -2.60. The topological polar surface area (TPSA) is 48.2 Å². The van der Waals surface area contributed by atoms with E-state index in [0.717, 1.165) is 12.3 Å². The van der Waals surface area contributed by atoms with Crippen LogP contribution in [-0.4, -0.2) is 5.84 Å². The molecule has 0 aliphatic carbocycles. The molecule has 0 amide bonds. The first kappa shape index (κ1) is 15.8. The normalized spacial score (nSPS) is 12.5. The number of amidine groups is 1. The highest BCUT2D eigenvalue weighted by molar-refractivity contribution is 5.83. The minimum atomic E-state index is 0.317. The summed E-state index contributed by atoms with van der Waals surface area (Å²) < 4.78 is 0. The molecule has 0 aromatic heterocycles. The highest BCUT2D eigenvalue weighted by atomic mass is 15.0. The van der Waals surface area contributed by atoms with Crippen molar-refractivity contribution in [1.82, 2.24) is 5.32 Å². The van der Waals surface area contributed by atoms with E-state index in [0.29, 0.717) is 12.5 Å². The fraction of sp³-hybridized carbons (Fsp3) is 0.263. The van der Waals surface area contributed by atoms with Crippen LogP contribution in [0.5, 0.6) is 0 Å². The molecular weight excluding hydrogens is 270 g/mol. The highest BCUT2D eigenvalue weighted by Gasteiger charge is 2.10. The van der Waals surface area contributed by atoms with Gasteiger partial charge in [-0.25, -0.2) is 0 Å². The molecule has 0 heterocycles. The lowest BCUT2D eigenvalue weighted by Crippen LogP contribution is -2.24. The van der Waals surface area contributed by atoms with Gasteiger partial charge in [-0.3, -0.25) is 0 Å². The first-order valence-electron chi connectivity index (χ1n) is 7.49. The number of aliphatic imine (C=N–C) groups is 1. The SMILES string of the molecule is Cc1ccccc1CN/C(CC(C)c1ccccc1)=N\C#N. The van der Waals surface area contributed by atoms with Crippen LogP contribution in [0.3, 0.4) is 0 Å². The van der Waals surface area contributed by atoms with Gasteiger partial charge in [0.05, 0.1) is 0 Å². The van der Waals surface area contributed by atoms with E-state index in [4.69, 9.17) is 5.26 Å². The van der Waals surface area contributed by atoms with E-state index in [1.807, 2.05) is 36.5 Å². The molecule has 2 rings (SSSR count). The average Bonchev–Trinajstić information content (AvgIpc) is 2.55. The second-order valence-corrected chi connectivity index (χ2v) is 5.45. The average molecular weight is 291 g/mol. The molecule has 22 heavy (non-hydrogen) atoms.